The Labute approximate surface area is 99.2 Å². The molecule has 1 fully saturated rings. The zero-order valence-electron chi connectivity index (χ0n) is 9.59. The number of amides is 1. The highest BCUT2D eigenvalue weighted by molar-refractivity contribution is 7.18. The highest BCUT2D eigenvalue weighted by Crippen LogP contribution is 2.45. The monoisotopic (exact) mass is 239 g/mol. The lowest BCUT2D eigenvalue weighted by Crippen LogP contribution is -2.17. The number of carbonyl (C=O) groups excluding carboxylic acids is 1. The van der Waals surface area contributed by atoms with Crippen LogP contribution < -0.4 is 16.4 Å². The van der Waals surface area contributed by atoms with Gasteiger partial charge in [-0.15, -0.1) is 11.3 Å². The molecule has 1 aliphatic rings. The lowest BCUT2D eigenvalue weighted by molar-refractivity contribution is 0.0968. The molecule has 1 aliphatic carbocycles. The van der Waals surface area contributed by atoms with Crippen LogP contribution >= 0.6 is 11.3 Å². The molecular formula is C11H17N3OS. The average molecular weight is 239 g/mol. The van der Waals surface area contributed by atoms with Crippen LogP contribution in [0.4, 0.5) is 10.7 Å². The molecule has 4 nitrogen and oxygen atoms in total. The molecule has 1 heterocycles. The number of carbonyl (C=O) groups is 1. The van der Waals surface area contributed by atoms with E-state index in [1.165, 1.54) is 24.2 Å². The Morgan fingerprint density at radius 1 is 1.62 bits per heavy atom. The molecule has 0 bridgehead atoms. The first-order chi connectivity index (χ1) is 7.54. The fourth-order valence-corrected chi connectivity index (χ4v) is 2.40. The highest BCUT2D eigenvalue weighted by atomic mass is 32.1. The molecule has 0 saturated heterocycles. The van der Waals surface area contributed by atoms with Crippen LogP contribution in [-0.4, -0.2) is 19.5 Å². The van der Waals surface area contributed by atoms with E-state index in [2.05, 4.69) is 17.6 Å². The minimum absolute atomic E-state index is 0.117. The molecular weight excluding hydrogens is 222 g/mol. The molecule has 0 unspecified atom stereocenters. The average Bonchev–Trinajstić information content (AvgIpc) is 2.87. The van der Waals surface area contributed by atoms with Crippen LogP contribution in [0.1, 0.15) is 29.4 Å². The molecule has 88 valence electrons. The summed E-state index contributed by atoms with van der Waals surface area (Å²) in [5, 5.41) is 6.91. The topological polar surface area (TPSA) is 67.2 Å². The van der Waals surface area contributed by atoms with Crippen LogP contribution in [0.2, 0.25) is 0 Å². The van der Waals surface area contributed by atoms with Crippen molar-refractivity contribution >= 4 is 27.9 Å². The molecule has 5 heteroatoms. The molecule has 0 aromatic carbocycles. The van der Waals surface area contributed by atoms with Crippen molar-refractivity contribution in [3.8, 4) is 0 Å². The quantitative estimate of drug-likeness (QED) is 0.751. The summed E-state index contributed by atoms with van der Waals surface area (Å²) in [7, 11) is 1.61. The lowest BCUT2D eigenvalue weighted by Gasteiger charge is -2.08. The van der Waals surface area contributed by atoms with Gasteiger partial charge in [0.15, 0.2) is 0 Å². The molecule has 0 radical (unpaired) electrons. The highest BCUT2D eigenvalue weighted by Gasteiger charge is 2.36. The molecule has 0 atom stereocenters. The van der Waals surface area contributed by atoms with Gasteiger partial charge in [0.05, 0.1) is 10.7 Å². The SMILES string of the molecule is CNC(=O)c1sc(NCC2(C)CC2)cc1N. The normalized spacial score (nSPS) is 16.9. The Balaban J connectivity index is 2.02. The van der Waals surface area contributed by atoms with Gasteiger partial charge in [-0.05, 0) is 24.3 Å². The fraction of sp³-hybridized carbons (Fsp3) is 0.545. The number of hydrogen-bond donors (Lipinski definition) is 3. The smallest absolute Gasteiger partial charge is 0.263 e. The Morgan fingerprint density at radius 3 is 2.88 bits per heavy atom. The van der Waals surface area contributed by atoms with Gasteiger partial charge < -0.3 is 16.4 Å². The Kier molecular flexibility index (Phi) is 2.80. The lowest BCUT2D eigenvalue weighted by atomic mass is 10.1. The van der Waals surface area contributed by atoms with E-state index in [0.29, 0.717) is 16.0 Å². The van der Waals surface area contributed by atoms with E-state index in [-0.39, 0.29) is 5.91 Å². The number of nitrogen functional groups attached to an aromatic ring is 1. The predicted molar refractivity (Wildman–Crippen MR) is 68.0 cm³/mol. The maximum atomic E-state index is 11.5. The number of nitrogens with two attached hydrogens (primary N) is 1. The predicted octanol–water partition coefficient (Wildman–Crippen LogP) is 1.90. The standard InChI is InChI=1S/C11H17N3OS/c1-11(3-4-11)6-14-8-5-7(12)9(16-8)10(15)13-2/h5,14H,3-4,6,12H2,1-2H3,(H,13,15). The van der Waals surface area contributed by atoms with Gasteiger partial charge in [-0.3, -0.25) is 4.79 Å². The fourth-order valence-electron chi connectivity index (χ4n) is 1.47. The zero-order chi connectivity index (χ0) is 11.8. The first kappa shape index (κ1) is 11.3. The van der Waals surface area contributed by atoms with Crippen molar-refractivity contribution in [2.24, 2.45) is 5.41 Å². The second kappa shape index (κ2) is 3.97. The molecule has 1 aromatic rings. The van der Waals surface area contributed by atoms with E-state index in [1.807, 2.05) is 6.07 Å². The summed E-state index contributed by atoms with van der Waals surface area (Å²) < 4.78 is 0. The zero-order valence-corrected chi connectivity index (χ0v) is 10.4. The van der Waals surface area contributed by atoms with Crippen LogP contribution in [0, 0.1) is 5.41 Å². The van der Waals surface area contributed by atoms with Crippen LogP contribution in [-0.2, 0) is 0 Å². The molecule has 16 heavy (non-hydrogen) atoms. The van der Waals surface area contributed by atoms with Gasteiger partial charge in [0.2, 0.25) is 0 Å². The van der Waals surface area contributed by atoms with Crippen molar-refractivity contribution in [2.45, 2.75) is 19.8 Å². The molecule has 1 saturated carbocycles. The first-order valence-corrected chi connectivity index (χ1v) is 6.21. The van der Waals surface area contributed by atoms with Gasteiger partial charge in [-0.2, -0.15) is 0 Å². The summed E-state index contributed by atoms with van der Waals surface area (Å²) >= 11 is 1.41. The third-order valence-corrected chi connectivity index (χ3v) is 4.09. The number of rotatable bonds is 4. The number of anilines is 2. The van der Waals surface area contributed by atoms with E-state index in [0.717, 1.165) is 11.5 Å². The van der Waals surface area contributed by atoms with Gasteiger partial charge in [-0.25, -0.2) is 0 Å². The first-order valence-electron chi connectivity index (χ1n) is 5.39. The molecule has 0 spiro atoms. The van der Waals surface area contributed by atoms with E-state index in [1.54, 1.807) is 7.05 Å². The van der Waals surface area contributed by atoms with Crippen molar-refractivity contribution in [3.63, 3.8) is 0 Å². The number of nitrogens with one attached hydrogen (secondary N) is 2. The third kappa shape index (κ3) is 2.29. The number of hydrogen-bond acceptors (Lipinski definition) is 4. The van der Waals surface area contributed by atoms with Gasteiger partial charge in [0.1, 0.15) is 4.88 Å². The minimum Gasteiger partial charge on any atom is -0.397 e. The Morgan fingerprint density at radius 2 is 2.31 bits per heavy atom. The largest absolute Gasteiger partial charge is 0.397 e. The summed E-state index contributed by atoms with van der Waals surface area (Å²) in [5.74, 6) is -0.117. The van der Waals surface area contributed by atoms with Gasteiger partial charge in [-0.1, -0.05) is 6.92 Å². The van der Waals surface area contributed by atoms with Gasteiger partial charge >= 0.3 is 0 Å². The molecule has 0 aliphatic heterocycles. The van der Waals surface area contributed by atoms with E-state index in [9.17, 15) is 4.79 Å². The molecule has 1 aromatic heterocycles. The molecule has 1 amide bonds. The minimum atomic E-state index is -0.117. The van der Waals surface area contributed by atoms with Crippen molar-refractivity contribution < 1.29 is 4.79 Å². The molecule has 4 N–H and O–H groups in total. The van der Waals surface area contributed by atoms with Crippen molar-refractivity contribution in [1.82, 2.24) is 5.32 Å². The van der Waals surface area contributed by atoms with Gasteiger partial charge in [0.25, 0.3) is 5.91 Å². The van der Waals surface area contributed by atoms with Crippen molar-refractivity contribution in [3.05, 3.63) is 10.9 Å². The third-order valence-electron chi connectivity index (χ3n) is 2.99. The van der Waals surface area contributed by atoms with E-state index >= 15 is 0 Å². The van der Waals surface area contributed by atoms with Crippen molar-refractivity contribution in [2.75, 3.05) is 24.6 Å². The summed E-state index contributed by atoms with van der Waals surface area (Å²) in [5.41, 5.74) is 6.78. The van der Waals surface area contributed by atoms with E-state index in [4.69, 9.17) is 5.73 Å². The van der Waals surface area contributed by atoms with Crippen LogP contribution in [0.3, 0.4) is 0 Å². The van der Waals surface area contributed by atoms with Crippen LogP contribution in [0.15, 0.2) is 6.07 Å². The van der Waals surface area contributed by atoms with E-state index < -0.39 is 0 Å². The van der Waals surface area contributed by atoms with Crippen molar-refractivity contribution in [1.29, 1.82) is 0 Å². The summed E-state index contributed by atoms with van der Waals surface area (Å²) in [6.07, 6.45) is 2.56. The Hall–Kier alpha value is -1.23. The van der Waals surface area contributed by atoms with Crippen LogP contribution in [0.25, 0.3) is 0 Å². The second-order valence-electron chi connectivity index (χ2n) is 4.64. The number of thiophene rings is 1. The summed E-state index contributed by atoms with van der Waals surface area (Å²) in [6.45, 7) is 3.22. The van der Waals surface area contributed by atoms with Crippen LogP contribution in [0.5, 0.6) is 0 Å². The maximum Gasteiger partial charge on any atom is 0.263 e. The maximum absolute atomic E-state index is 11.5. The Bertz CT molecular complexity index is 409. The second-order valence-corrected chi connectivity index (χ2v) is 5.69. The summed E-state index contributed by atoms with van der Waals surface area (Å²) in [6, 6.07) is 1.83. The van der Waals surface area contributed by atoms with Gasteiger partial charge in [0, 0.05) is 13.6 Å². The molecule has 2 rings (SSSR count). The summed E-state index contributed by atoms with van der Waals surface area (Å²) in [4.78, 5) is 12.0.